The first-order valence-corrected chi connectivity index (χ1v) is 12.0. The summed E-state index contributed by atoms with van der Waals surface area (Å²) < 4.78 is 37.9. The van der Waals surface area contributed by atoms with E-state index in [1.807, 2.05) is 0 Å². The Kier molecular flexibility index (Phi) is 6.49. The lowest BCUT2D eigenvalue weighted by Gasteiger charge is -2.40. The van der Waals surface area contributed by atoms with Crippen molar-refractivity contribution in [1.29, 1.82) is 0 Å². The van der Waals surface area contributed by atoms with Crippen LogP contribution in [0.5, 0.6) is 0 Å². The highest BCUT2D eigenvalue weighted by molar-refractivity contribution is 7.92. The fourth-order valence-corrected chi connectivity index (χ4v) is 7.57. The maximum absolute atomic E-state index is 13.0. The topological polar surface area (TPSA) is 52.6 Å². The summed E-state index contributed by atoms with van der Waals surface area (Å²) in [6, 6.07) is 0. The number of hydrogen-bond donors (Lipinski definition) is 0. The molecule has 0 aromatic carbocycles. The monoisotopic (exact) mass is 372 g/mol. The molecule has 3 saturated carbocycles. The van der Waals surface area contributed by atoms with Crippen molar-refractivity contribution in [1.82, 2.24) is 0 Å². The smallest absolute Gasteiger partial charge is 0.156 e. The number of rotatable bonds is 5. The molecule has 3 rings (SSSR count). The summed E-state index contributed by atoms with van der Waals surface area (Å²) in [7, 11) is -1.27. The van der Waals surface area contributed by atoms with E-state index in [1.165, 1.54) is 19.3 Å². The zero-order chi connectivity index (χ0) is 17.9. The molecule has 146 valence electrons. The van der Waals surface area contributed by atoms with Gasteiger partial charge < -0.3 is 9.47 Å². The zero-order valence-electron chi connectivity index (χ0n) is 16.0. The van der Waals surface area contributed by atoms with Gasteiger partial charge in [-0.15, -0.1) is 0 Å². The third-order valence-electron chi connectivity index (χ3n) is 6.87. The van der Waals surface area contributed by atoms with E-state index in [-0.39, 0.29) is 28.3 Å². The molecule has 0 unspecified atom stereocenters. The maximum atomic E-state index is 13.0. The molecule has 0 heterocycles. The average Bonchev–Trinajstić information content (AvgIpc) is 2.62. The van der Waals surface area contributed by atoms with Crippen molar-refractivity contribution in [2.75, 3.05) is 7.11 Å². The minimum Gasteiger partial charge on any atom is -0.381 e. The Balaban J connectivity index is 1.49. The van der Waals surface area contributed by atoms with Gasteiger partial charge in [0.15, 0.2) is 9.84 Å². The van der Waals surface area contributed by atoms with Crippen molar-refractivity contribution in [3.63, 3.8) is 0 Å². The molecule has 5 heteroatoms. The van der Waals surface area contributed by atoms with Gasteiger partial charge in [-0.25, -0.2) is 8.42 Å². The number of hydrogen-bond acceptors (Lipinski definition) is 4. The fourth-order valence-electron chi connectivity index (χ4n) is 5.17. The summed E-state index contributed by atoms with van der Waals surface area (Å²) in [5.74, 6) is 0. The lowest BCUT2D eigenvalue weighted by atomic mass is 9.85. The molecule has 0 aromatic rings. The van der Waals surface area contributed by atoms with E-state index in [0.717, 1.165) is 64.2 Å². The second kappa shape index (κ2) is 8.26. The van der Waals surface area contributed by atoms with Gasteiger partial charge in [-0.1, -0.05) is 19.3 Å². The lowest BCUT2D eigenvalue weighted by Crippen LogP contribution is -2.41. The van der Waals surface area contributed by atoms with E-state index in [4.69, 9.17) is 9.47 Å². The van der Waals surface area contributed by atoms with Crippen LogP contribution in [-0.2, 0) is 19.3 Å². The molecule has 0 saturated heterocycles. The van der Waals surface area contributed by atoms with Gasteiger partial charge in [0.1, 0.15) is 0 Å². The van der Waals surface area contributed by atoms with E-state index in [2.05, 4.69) is 6.92 Å². The molecule has 0 N–H and O–H groups in total. The van der Waals surface area contributed by atoms with Crippen molar-refractivity contribution >= 4 is 9.84 Å². The molecule has 0 aromatic heterocycles. The highest BCUT2D eigenvalue weighted by Gasteiger charge is 2.40. The van der Waals surface area contributed by atoms with Crippen LogP contribution in [0, 0.1) is 0 Å². The first-order chi connectivity index (χ1) is 11.9. The van der Waals surface area contributed by atoms with Crippen molar-refractivity contribution in [2.45, 2.75) is 119 Å². The van der Waals surface area contributed by atoms with Gasteiger partial charge >= 0.3 is 0 Å². The molecule has 0 bridgehead atoms. The highest BCUT2D eigenvalue weighted by atomic mass is 32.2. The average molecular weight is 373 g/mol. The summed E-state index contributed by atoms with van der Waals surface area (Å²) >= 11 is 0. The quantitative estimate of drug-likeness (QED) is 0.717. The fraction of sp³-hybridized carbons (Fsp3) is 1.00. The largest absolute Gasteiger partial charge is 0.381 e. The van der Waals surface area contributed by atoms with Crippen LogP contribution in [-0.4, -0.2) is 43.8 Å². The number of sulfone groups is 1. The van der Waals surface area contributed by atoms with Gasteiger partial charge in [0.25, 0.3) is 0 Å². The predicted octanol–water partition coefficient (Wildman–Crippen LogP) is 4.41. The Bertz CT molecular complexity index is 508. The Morgan fingerprint density at radius 1 is 0.760 bits per heavy atom. The van der Waals surface area contributed by atoms with Crippen LogP contribution in [0.4, 0.5) is 0 Å². The van der Waals surface area contributed by atoms with Crippen LogP contribution < -0.4 is 0 Å². The standard InChI is InChI=1S/C20H36O4S/c1-20(14-4-3-5-15-20)24-17-8-12-19(13-9-17)25(21,22)18-10-6-16(23-2)7-11-18/h16-19H,3-15H2,1-2H3. The minimum absolute atomic E-state index is 0.0349. The molecule has 0 aliphatic heterocycles. The molecule has 25 heavy (non-hydrogen) atoms. The van der Waals surface area contributed by atoms with E-state index < -0.39 is 9.84 Å². The Morgan fingerprint density at radius 3 is 1.72 bits per heavy atom. The van der Waals surface area contributed by atoms with E-state index in [9.17, 15) is 8.42 Å². The molecule has 0 radical (unpaired) electrons. The van der Waals surface area contributed by atoms with E-state index in [0.29, 0.717) is 0 Å². The molecule has 0 amide bonds. The second-order valence-electron chi connectivity index (χ2n) is 8.75. The van der Waals surface area contributed by atoms with E-state index in [1.54, 1.807) is 7.11 Å². The van der Waals surface area contributed by atoms with E-state index >= 15 is 0 Å². The highest BCUT2D eigenvalue weighted by Crippen LogP contribution is 2.38. The molecule has 0 atom stereocenters. The Hall–Kier alpha value is -0.130. The van der Waals surface area contributed by atoms with Gasteiger partial charge in [-0.05, 0) is 71.1 Å². The van der Waals surface area contributed by atoms with Crippen LogP contribution in [0.2, 0.25) is 0 Å². The first-order valence-electron chi connectivity index (χ1n) is 10.4. The minimum atomic E-state index is -3.00. The van der Waals surface area contributed by atoms with Crippen LogP contribution in [0.3, 0.4) is 0 Å². The summed E-state index contributed by atoms with van der Waals surface area (Å²) in [4.78, 5) is 0. The molecular weight excluding hydrogens is 336 g/mol. The van der Waals surface area contributed by atoms with Crippen molar-refractivity contribution < 1.29 is 17.9 Å². The molecule has 4 nitrogen and oxygen atoms in total. The van der Waals surface area contributed by atoms with Crippen LogP contribution >= 0.6 is 0 Å². The van der Waals surface area contributed by atoms with Gasteiger partial charge in [0.2, 0.25) is 0 Å². The van der Waals surface area contributed by atoms with Gasteiger partial charge in [0, 0.05) is 7.11 Å². The Labute approximate surface area is 154 Å². The zero-order valence-corrected chi connectivity index (χ0v) is 16.9. The number of ether oxygens (including phenoxy) is 2. The van der Waals surface area contributed by atoms with Crippen LogP contribution in [0.15, 0.2) is 0 Å². The van der Waals surface area contributed by atoms with Crippen LogP contribution in [0.1, 0.15) is 90.4 Å². The van der Waals surface area contributed by atoms with Gasteiger partial charge in [-0.2, -0.15) is 0 Å². The van der Waals surface area contributed by atoms with Gasteiger partial charge in [-0.3, -0.25) is 0 Å². The van der Waals surface area contributed by atoms with Crippen molar-refractivity contribution in [2.24, 2.45) is 0 Å². The normalized spacial score (nSPS) is 36.9. The summed E-state index contributed by atoms with van der Waals surface area (Å²) in [5.41, 5.74) is 0.0349. The Morgan fingerprint density at radius 2 is 1.24 bits per heavy atom. The van der Waals surface area contributed by atoms with Crippen LogP contribution in [0.25, 0.3) is 0 Å². The summed E-state index contributed by atoms with van der Waals surface area (Å²) in [6.07, 6.45) is 13.4. The summed E-state index contributed by atoms with van der Waals surface area (Å²) in [5, 5.41) is -0.284. The van der Waals surface area contributed by atoms with Crippen molar-refractivity contribution in [3.8, 4) is 0 Å². The molecular formula is C20H36O4S. The molecule has 0 spiro atoms. The summed E-state index contributed by atoms with van der Waals surface area (Å²) in [6.45, 7) is 2.25. The van der Waals surface area contributed by atoms with Crippen molar-refractivity contribution in [3.05, 3.63) is 0 Å². The molecule has 3 aliphatic carbocycles. The SMILES string of the molecule is COC1CCC(S(=O)(=O)C2CCC(OC3(C)CCCCC3)CC2)CC1. The second-order valence-corrected chi connectivity index (χ2v) is 11.3. The van der Waals surface area contributed by atoms with Gasteiger partial charge in [0.05, 0.1) is 28.3 Å². The lowest BCUT2D eigenvalue weighted by molar-refractivity contribution is -0.112. The molecule has 3 aliphatic rings. The first kappa shape index (κ1) is 19.6. The third kappa shape index (κ3) is 4.78. The third-order valence-corrected chi connectivity index (χ3v) is 9.67. The predicted molar refractivity (Wildman–Crippen MR) is 101 cm³/mol. The maximum Gasteiger partial charge on any atom is 0.156 e. The number of methoxy groups -OCH3 is 1. The molecule has 3 fully saturated rings.